The van der Waals surface area contributed by atoms with E-state index in [-0.39, 0.29) is 27.8 Å². The summed E-state index contributed by atoms with van der Waals surface area (Å²) in [6, 6.07) is 15.6. The Bertz CT molecular complexity index is 1450. The summed E-state index contributed by atoms with van der Waals surface area (Å²) in [5, 5.41) is 3.98. The number of rotatable bonds is 9. The summed E-state index contributed by atoms with van der Waals surface area (Å²) < 4.78 is 10.6. The lowest BCUT2D eigenvalue weighted by Gasteiger charge is -2.13. The third-order valence-electron chi connectivity index (χ3n) is 5.80. The number of ether oxygens (including phenoxy) is 2. The number of halogens is 1. The molecule has 3 aromatic rings. The standard InChI is InChI=1S/C28H25ClN2O6S/c1-3-4-13-37-27(34)21-15-18(10-11-22(21)29)30-25(32)16-31-26(33)24(38-28(31)35)14-17-9-12-23(36-2)20-8-6-5-7-19(17)20/h5-12,14-15H,3-4,13,16H2,1-2H3,(H,30,32)/b24-14+. The van der Waals surface area contributed by atoms with Crippen molar-refractivity contribution in [3.63, 3.8) is 0 Å². The van der Waals surface area contributed by atoms with E-state index in [0.717, 1.165) is 45.8 Å². The second-order valence-corrected chi connectivity index (χ2v) is 9.80. The van der Waals surface area contributed by atoms with E-state index in [1.807, 2.05) is 37.3 Å². The number of methoxy groups -OCH3 is 1. The van der Waals surface area contributed by atoms with E-state index in [0.29, 0.717) is 5.75 Å². The third-order valence-corrected chi connectivity index (χ3v) is 7.04. The van der Waals surface area contributed by atoms with Crippen LogP contribution in [0.15, 0.2) is 59.5 Å². The molecule has 0 atom stereocenters. The average molecular weight is 553 g/mol. The first-order valence-corrected chi connectivity index (χ1v) is 13.1. The fourth-order valence-corrected chi connectivity index (χ4v) is 4.89. The molecule has 196 valence electrons. The Labute approximate surface area is 228 Å². The van der Waals surface area contributed by atoms with Crippen LogP contribution in [0, 0.1) is 0 Å². The maximum Gasteiger partial charge on any atom is 0.339 e. The van der Waals surface area contributed by atoms with E-state index < -0.39 is 29.6 Å². The quantitative estimate of drug-likeness (QED) is 0.193. The molecule has 0 spiro atoms. The van der Waals surface area contributed by atoms with Gasteiger partial charge in [0, 0.05) is 11.1 Å². The van der Waals surface area contributed by atoms with Crippen molar-refractivity contribution in [2.45, 2.75) is 19.8 Å². The molecule has 0 unspecified atom stereocenters. The molecule has 3 aromatic carbocycles. The summed E-state index contributed by atoms with van der Waals surface area (Å²) in [6.07, 6.45) is 3.23. The van der Waals surface area contributed by atoms with E-state index in [9.17, 15) is 19.2 Å². The van der Waals surface area contributed by atoms with E-state index in [1.54, 1.807) is 19.3 Å². The second-order valence-electron chi connectivity index (χ2n) is 8.40. The Morgan fingerprint density at radius 2 is 1.84 bits per heavy atom. The van der Waals surface area contributed by atoms with Crippen molar-refractivity contribution in [3.8, 4) is 5.75 Å². The number of imide groups is 1. The summed E-state index contributed by atoms with van der Waals surface area (Å²) in [5.74, 6) is -1.06. The molecule has 0 radical (unpaired) electrons. The Kier molecular flexibility index (Phi) is 8.70. The first-order valence-electron chi connectivity index (χ1n) is 11.9. The van der Waals surface area contributed by atoms with Crippen LogP contribution in [0.5, 0.6) is 5.75 Å². The van der Waals surface area contributed by atoms with Crippen molar-refractivity contribution >= 4 is 68.9 Å². The lowest BCUT2D eigenvalue weighted by molar-refractivity contribution is -0.127. The predicted octanol–water partition coefficient (Wildman–Crippen LogP) is 6.13. The molecule has 1 aliphatic heterocycles. The number of fused-ring (bicyclic) bond motifs is 1. The van der Waals surface area contributed by atoms with Gasteiger partial charge in [-0.15, -0.1) is 0 Å². The zero-order valence-electron chi connectivity index (χ0n) is 20.8. The van der Waals surface area contributed by atoms with Gasteiger partial charge in [0.25, 0.3) is 11.1 Å². The number of hydrogen-bond acceptors (Lipinski definition) is 7. The second kappa shape index (κ2) is 12.1. The van der Waals surface area contributed by atoms with Gasteiger partial charge < -0.3 is 14.8 Å². The van der Waals surface area contributed by atoms with E-state index in [1.165, 1.54) is 18.2 Å². The maximum absolute atomic E-state index is 13.0. The minimum absolute atomic E-state index is 0.112. The highest BCUT2D eigenvalue weighted by molar-refractivity contribution is 8.18. The van der Waals surface area contributed by atoms with Gasteiger partial charge in [0.2, 0.25) is 5.91 Å². The number of unbranched alkanes of at least 4 members (excludes halogenated alkanes) is 1. The number of amides is 3. The molecule has 1 heterocycles. The van der Waals surface area contributed by atoms with Crippen LogP contribution in [0.4, 0.5) is 10.5 Å². The predicted molar refractivity (Wildman–Crippen MR) is 148 cm³/mol. The Morgan fingerprint density at radius 1 is 1.08 bits per heavy atom. The molecule has 3 amide bonds. The number of esters is 1. The topological polar surface area (TPSA) is 102 Å². The van der Waals surface area contributed by atoms with Crippen LogP contribution in [0.25, 0.3) is 16.8 Å². The fraction of sp³-hybridized carbons (Fsp3) is 0.214. The van der Waals surface area contributed by atoms with Crippen molar-refractivity contribution in [2.24, 2.45) is 0 Å². The third kappa shape index (κ3) is 6.00. The van der Waals surface area contributed by atoms with Crippen LogP contribution in [0.3, 0.4) is 0 Å². The number of hydrogen-bond donors (Lipinski definition) is 1. The molecule has 0 aliphatic carbocycles. The largest absolute Gasteiger partial charge is 0.496 e. The van der Waals surface area contributed by atoms with Crippen molar-refractivity contribution in [1.29, 1.82) is 0 Å². The molecule has 1 N–H and O–H groups in total. The fourth-order valence-electron chi connectivity index (χ4n) is 3.87. The number of nitrogens with zero attached hydrogens (tertiary/aromatic N) is 1. The van der Waals surface area contributed by atoms with Crippen LogP contribution in [-0.4, -0.2) is 48.2 Å². The number of carbonyl (C=O) groups excluding carboxylic acids is 4. The molecule has 1 saturated heterocycles. The lowest BCUT2D eigenvalue weighted by atomic mass is 10.0. The zero-order chi connectivity index (χ0) is 27.2. The maximum atomic E-state index is 13.0. The van der Waals surface area contributed by atoms with Crippen molar-refractivity contribution in [3.05, 3.63) is 75.7 Å². The molecule has 38 heavy (non-hydrogen) atoms. The Morgan fingerprint density at radius 3 is 2.58 bits per heavy atom. The highest BCUT2D eigenvalue weighted by Crippen LogP contribution is 2.35. The van der Waals surface area contributed by atoms with Gasteiger partial charge >= 0.3 is 5.97 Å². The molecular weight excluding hydrogens is 528 g/mol. The minimum atomic E-state index is -0.601. The van der Waals surface area contributed by atoms with Crippen LogP contribution < -0.4 is 10.1 Å². The van der Waals surface area contributed by atoms with Crippen LogP contribution in [-0.2, 0) is 14.3 Å². The van der Waals surface area contributed by atoms with Gasteiger partial charge in [-0.1, -0.05) is 55.3 Å². The van der Waals surface area contributed by atoms with Crippen LogP contribution in [0.1, 0.15) is 35.7 Å². The van der Waals surface area contributed by atoms with Crippen molar-refractivity contribution in [1.82, 2.24) is 4.90 Å². The molecule has 1 aliphatic rings. The van der Waals surface area contributed by atoms with Crippen LogP contribution >= 0.6 is 23.4 Å². The van der Waals surface area contributed by atoms with E-state index >= 15 is 0 Å². The summed E-state index contributed by atoms with van der Waals surface area (Å²) in [5.41, 5.74) is 1.14. The average Bonchev–Trinajstić information content (AvgIpc) is 3.17. The number of anilines is 1. The van der Waals surface area contributed by atoms with Gasteiger partial charge in [-0.05, 0) is 59.5 Å². The normalized spacial score (nSPS) is 14.3. The van der Waals surface area contributed by atoms with Gasteiger partial charge in [0.05, 0.1) is 29.2 Å². The Balaban J connectivity index is 1.47. The lowest BCUT2D eigenvalue weighted by Crippen LogP contribution is -2.36. The number of carbonyl (C=O) groups is 4. The summed E-state index contributed by atoms with van der Waals surface area (Å²) >= 11 is 6.89. The monoisotopic (exact) mass is 552 g/mol. The van der Waals surface area contributed by atoms with E-state index in [2.05, 4.69) is 5.32 Å². The zero-order valence-corrected chi connectivity index (χ0v) is 22.4. The van der Waals surface area contributed by atoms with Gasteiger partial charge in [0.15, 0.2) is 0 Å². The molecule has 0 bridgehead atoms. The molecule has 0 aromatic heterocycles. The molecule has 1 fully saturated rings. The molecule has 10 heteroatoms. The summed E-state index contributed by atoms with van der Waals surface area (Å²) in [7, 11) is 1.59. The highest BCUT2D eigenvalue weighted by Gasteiger charge is 2.36. The first kappa shape index (κ1) is 27.2. The number of benzene rings is 3. The van der Waals surface area contributed by atoms with Crippen LogP contribution in [0.2, 0.25) is 5.02 Å². The Hall–Kier alpha value is -3.82. The summed E-state index contributed by atoms with van der Waals surface area (Å²) in [4.78, 5) is 51.7. The number of thioether (sulfide) groups is 1. The van der Waals surface area contributed by atoms with E-state index in [4.69, 9.17) is 21.1 Å². The van der Waals surface area contributed by atoms with Crippen molar-refractivity contribution in [2.75, 3.05) is 25.6 Å². The first-order chi connectivity index (χ1) is 18.3. The minimum Gasteiger partial charge on any atom is -0.496 e. The number of nitrogens with one attached hydrogen (secondary N) is 1. The van der Waals surface area contributed by atoms with Gasteiger partial charge in [-0.3, -0.25) is 19.3 Å². The molecular formula is C28H25ClN2O6S. The smallest absolute Gasteiger partial charge is 0.339 e. The summed E-state index contributed by atoms with van der Waals surface area (Å²) in [6.45, 7) is 1.76. The van der Waals surface area contributed by atoms with Crippen molar-refractivity contribution < 1.29 is 28.7 Å². The van der Waals surface area contributed by atoms with Gasteiger partial charge in [-0.2, -0.15) is 0 Å². The molecule has 4 rings (SSSR count). The SMILES string of the molecule is CCCCOC(=O)c1cc(NC(=O)CN2C(=O)S/C(=C/c3ccc(OC)c4ccccc34)C2=O)ccc1Cl. The molecule has 8 nitrogen and oxygen atoms in total. The molecule has 0 saturated carbocycles. The van der Waals surface area contributed by atoms with Gasteiger partial charge in [0.1, 0.15) is 12.3 Å². The highest BCUT2D eigenvalue weighted by atomic mass is 35.5. The van der Waals surface area contributed by atoms with Gasteiger partial charge in [-0.25, -0.2) is 4.79 Å².